The van der Waals surface area contributed by atoms with E-state index in [-0.39, 0.29) is 23.2 Å². The van der Waals surface area contributed by atoms with Crippen molar-refractivity contribution in [2.45, 2.75) is 26.3 Å². The number of benzene rings is 1. The second-order valence-electron chi connectivity index (χ2n) is 5.45. The summed E-state index contributed by atoms with van der Waals surface area (Å²) in [6, 6.07) is 2.89. The van der Waals surface area contributed by atoms with E-state index in [0.717, 1.165) is 0 Å². The molecule has 0 fully saturated rings. The van der Waals surface area contributed by atoms with E-state index in [0.29, 0.717) is 11.0 Å². The second-order valence-corrected chi connectivity index (χ2v) is 5.45. The molecule has 0 aliphatic heterocycles. The standard InChI is InChI=1S/C14H14FN5O2/c1-7(21)19-14(2,3)13-18-12(22-20-13)10-8(15)4-5-9-11(10)17-6-16-9/h4-6H,1-3H3,(H,16,17)(H,19,21). The Kier molecular flexibility index (Phi) is 3.16. The molecule has 0 radical (unpaired) electrons. The van der Waals surface area contributed by atoms with E-state index in [9.17, 15) is 9.18 Å². The Hall–Kier alpha value is -2.77. The molecule has 8 heteroatoms. The second kappa shape index (κ2) is 4.90. The molecule has 1 amide bonds. The van der Waals surface area contributed by atoms with Gasteiger partial charge in [0.05, 0.1) is 17.4 Å². The van der Waals surface area contributed by atoms with Gasteiger partial charge in [-0.25, -0.2) is 9.37 Å². The van der Waals surface area contributed by atoms with Gasteiger partial charge in [0.2, 0.25) is 5.91 Å². The fourth-order valence-corrected chi connectivity index (χ4v) is 2.26. The van der Waals surface area contributed by atoms with Crippen LogP contribution < -0.4 is 5.32 Å². The number of carbonyl (C=O) groups is 1. The van der Waals surface area contributed by atoms with Crippen molar-refractivity contribution in [3.05, 3.63) is 30.1 Å². The van der Waals surface area contributed by atoms with E-state index in [2.05, 4.69) is 25.4 Å². The summed E-state index contributed by atoms with van der Waals surface area (Å²) < 4.78 is 19.3. The zero-order valence-electron chi connectivity index (χ0n) is 12.3. The van der Waals surface area contributed by atoms with Crippen LogP contribution in [0.1, 0.15) is 26.6 Å². The predicted octanol–water partition coefficient (Wildman–Crippen LogP) is 2.12. The van der Waals surface area contributed by atoms with Crippen LogP contribution in [0.3, 0.4) is 0 Å². The van der Waals surface area contributed by atoms with Crippen LogP contribution in [0.2, 0.25) is 0 Å². The topological polar surface area (TPSA) is 96.7 Å². The van der Waals surface area contributed by atoms with Gasteiger partial charge >= 0.3 is 0 Å². The van der Waals surface area contributed by atoms with Gasteiger partial charge in [0.1, 0.15) is 16.9 Å². The first kappa shape index (κ1) is 14.2. The Bertz CT molecular complexity index is 852. The maximum Gasteiger partial charge on any atom is 0.263 e. The predicted molar refractivity (Wildman–Crippen MR) is 76.2 cm³/mol. The average Bonchev–Trinajstić information content (AvgIpc) is 3.05. The fourth-order valence-electron chi connectivity index (χ4n) is 2.26. The average molecular weight is 303 g/mol. The summed E-state index contributed by atoms with van der Waals surface area (Å²) in [7, 11) is 0. The Morgan fingerprint density at radius 2 is 2.18 bits per heavy atom. The van der Waals surface area contributed by atoms with Gasteiger partial charge in [-0.2, -0.15) is 4.98 Å². The number of amides is 1. The molecule has 114 valence electrons. The SMILES string of the molecule is CC(=O)NC(C)(C)c1noc(-c2c(F)ccc3[nH]cnc23)n1. The van der Waals surface area contributed by atoms with Gasteiger partial charge in [0.15, 0.2) is 5.82 Å². The lowest BCUT2D eigenvalue weighted by atomic mass is 10.1. The van der Waals surface area contributed by atoms with Gasteiger partial charge in [-0.1, -0.05) is 5.16 Å². The number of fused-ring (bicyclic) bond motifs is 1. The van der Waals surface area contributed by atoms with Crippen molar-refractivity contribution < 1.29 is 13.7 Å². The third-order valence-corrected chi connectivity index (χ3v) is 3.23. The maximum absolute atomic E-state index is 14.1. The summed E-state index contributed by atoms with van der Waals surface area (Å²) in [4.78, 5) is 22.4. The van der Waals surface area contributed by atoms with E-state index in [1.165, 1.54) is 19.3 Å². The van der Waals surface area contributed by atoms with Crippen molar-refractivity contribution in [1.29, 1.82) is 0 Å². The Balaban J connectivity index is 2.08. The maximum atomic E-state index is 14.1. The van der Waals surface area contributed by atoms with Crippen molar-refractivity contribution >= 4 is 16.9 Å². The monoisotopic (exact) mass is 303 g/mol. The summed E-state index contributed by atoms with van der Waals surface area (Å²) >= 11 is 0. The molecule has 3 aromatic rings. The lowest BCUT2D eigenvalue weighted by Gasteiger charge is -2.20. The molecule has 0 atom stereocenters. The van der Waals surface area contributed by atoms with Crippen molar-refractivity contribution in [2.24, 2.45) is 0 Å². The number of aromatic nitrogens is 4. The van der Waals surface area contributed by atoms with Gasteiger partial charge in [0.25, 0.3) is 5.89 Å². The molecule has 0 spiro atoms. The van der Waals surface area contributed by atoms with Gasteiger partial charge in [0, 0.05) is 6.92 Å². The first-order chi connectivity index (χ1) is 10.4. The van der Waals surface area contributed by atoms with Crippen molar-refractivity contribution in [2.75, 3.05) is 0 Å². The molecule has 0 aliphatic rings. The molecule has 2 N–H and O–H groups in total. The third kappa shape index (κ3) is 2.32. The number of nitrogens with one attached hydrogen (secondary N) is 2. The summed E-state index contributed by atoms with van der Waals surface area (Å²) in [5.41, 5.74) is 0.379. The lowest BCUT2D eigenvalue weighted by Crippen LogP contribution is -2.40. The minimum atomic E-state index is -0.830. The zero-order valence-corrected chi connectivity index (χ0v) is 12.3. The molecule has 0 saturated heterocycles. The summed E-state index contributed by atoms with van der Waals surface area (Å²) in [5, 5.41) is 6.55. The minimum absolute atomic E-state index is 0.0172. The normalized spacial score (nSPS) is 11.8. The highest BCUT2D eigenvalue weighted by Gasteiger charge is 2.29. The van der Waals surface area contributed by atoms with Gasteiger partial charge in [-0.3, -0.25) is 4.79 Å². The molecule has 0 unspecified atom stereocenters. The summed E-state index contributed by atoms with van der Waals surface area (Å²) in [5.74, 6) is -0.461. The number of nitrogens with zero attached hydrogens (tertiary/aromatic N) is 3. The van der Waals surface area contributed by atoms with E-state index < -0.39 is 11.4 Å². The quantitative estimate of drug-likeness (QED) is 0.772. The molecule has 1 aromatic carbocycles. The molecule has 0 aliphatic carbocycles. The highest BCUT2D eigenvalue weighted by atomic mass is 19.1. The van der Waals surface area contributed by atoms with Crippen LogP contribution in [-0.2, 0) is 10.3 Å². The highest BCUT2D eigenvalue weighted by molar-refractivity contribution is 5.89. The molecule has 7 nitrogen and oxygen atoms in total. The molecule has 3 rings (SSSR count). The Morgan fingerprint density at radius 1 is 1.41 bits per heavy atom. The van der Waals surface area contributed by atoms with Crippen molar-refractivity contribution in [3.8, 4) is 11.5 Å². The smallest absolute Gasteiger partial charge is 0.263 e. The largest absolute Gasteiger partial charge is 0.345 e. The highest BCUT2D eigenvalue weighted by Crippen LogP contribution is 2.29. The van der Waals surface area contributed by atoms with E-state index in [1.54, 1.807) is 19.9 Å². The number of H-pyrrole nitrogens is 1. The number of carbonyl (C=O) groups excluding carboxylic acids is 1. The van der Waals surface area contributed by atoms with Crippen LogP contribution in [0, 0.1) is 5.82 Å². The number of imidazole rings is 1. The molecule has 2 heterocycles. The number of rotatable bonds is 3. The molecular formula is C14H14FN5O2. The van der Waals surface area contributed by atoms with Gasteiger partial charge in [-0.05, 0) is 26.0 Å². The van der Waals surface area contributed by atoms with Crippen LogP contribution in [0.15, 0.2) is 23.0 Å². The molecule has 0 saturated carbocycles. The Labute approximate surface area is 124 Å². The van der Waals surface area contributed by atoms with Crippen LogP contribution in [0.5, 0.6) is 0 Å². The molecule has 0 bridgehead atoms. The van der Waals surface area contributed by atoms with Crippen LogP contribution in [0.4, 0.5) is 4.39 Å². The van der Waals surface area contributed by atoms with Crippen LogP contribution in [0.25, 0.3) is 22.5 Å². The van der Waals surface area contributed by atoms with Crippen molar-refractivity contribution in [1.82, 2.24) is 25.4 Å². The van der Waals surface area contributed by atoms with Crippen LogP contribution in [-0.4, -0.2) is 26.0 Å². The van der Waals surface area contributed by atoms with Crippen molar-refractivity contribution in [3.63, 3.8) is 0 Å². The third-order valence-electron chi connectivity index (χ3n) is 3.23. The summed E-state index contributed by atoms with van der Waals surface area (Å²) in [6.07, 6.45) is 1.46. The summed E-state index contributed by atoms with van der Waals surface area (Å²) in [6.45, 7) is 4.86. The fraction of sp³-hybridized carbons (Fsp3) is 0.286. The van der Waals surface area contributed by atoms with Gasteiger partial charge in [-0.15, -0.1) is 0 Å². The minimum Gasteiger partial charge on any atom is -0.345 e. The first-order valence-electron chi connectivity index (χ1n) is 6.63. The lowest BCUT2D eigenvalue weighted by molar-refractivity contribution is -0.120. The van der Waals surface area contributed by atoms with Gasteiger partial charge < -0.3 is 14.8 Å². The number of hydrogen-bond acceptors (Lipinski definition) is 5. The molecule has 2 aromatic heterocycles. The zero-order chi connectivity index (χ0) is 15.9. The van der Waals surface area contributed by atoms with E-state index >= 15 is 0 Å². The number of hydrogen-bond donors (Lipinski definition) is 2. The molecular weight excluding hydrogens is 289 g/mol. The first-order valence-corrected chi connectivity index (χ1v) is 6.63. The Morgan fingerprint density at radius 3 is 2.91 bits per heavy atom. The molecule has 22 heavy (non-hydrogen) atoms. The van der Waals surface area contributed by atoms with E-state index in [1.807, 2.05) is 0 Å². The number of aromatic amines is 1. The van der Waals surface area contributed by atoms with Crippen LogP contribution >= 0.6 is 0 Å². The van der Waals surface area contributed by atoms with E-state index in [4.69, 9.17) is 4.52 Å². The number of halogens is 1.